The molecule has 5 nitrogen and oxygen atoms in total. The molecule has 0 aliphatic carbocycles. The number of amides is 1. The number of hydrogen-bond donors (Lipinski definition) is 3. The molecule has 98 valence electrons. The largest absolute Gasteiger partial charge is 0.369 e. The number of benzene rings is 1. The molecule has 2 aromatic rings. The van der Waals surface area contributed by atoms with Crippen LogP contribution in [0.2, 0.25) is 0 Å². The van der Waals surface area contributed by atoms with Gasteiger partial charge in [0.2, 0.25) is 5.91 Å². The van der Waals surface area contributed by atoms with Crippen molar-refractivity contribution in [3.63, 3.8) is 0 Å². The van der Waals surface area contributed by atoms with Crippen LogP contribution in [0.1, 0.15) is 12.8 Å². The Balaban J connectivity index is 1.78. The van der Waals surface area contributed by atoms with E-state index in [0.29, 0.717) is 24.2 Å². The summed E-state index contributed by atoms with van der Waals surface area (Å²) in [6.07, 6.45) is 1.42. The zero-order chi connectivity index (χ0) is 13.2. The number of anilines is 1. The van der Waals surface area contributed by atoms with Gasteiger partial charge < -0.3 is 15.6 Å². The maximum Gasteiger partial charge on any atom is 0.257 e. The van der Waals surface area contributed by atoms with Crippen LogP contribution in [0.15, 0.2) is 35.1 Å². The molecular formula is C14H15N3O2. The Hall–Kier alpha value is -2.30. The molecule has 0 radical (unpaired) electrons. The maximum atomic E-state index is 11.9. The molecule has 1 aliphatic rings. The molecular weight excluding hydrogens is 242 g/mol. The summed E-state index contributed by atoms with van der Waals surface area (Å²) < 4.78 is 0. The Kier molecular flexibility index (Phi) is 2.95. The average Bonchev–Trinajstić information content (AvgIpc) is 2.82. The molecule has 3 N–H and O–H groups in total. The fourth-order valence-corrected chi connectivity index (χ4v) is 2.37. The number of fused-ring (bicyclic) bond motifs is 1. The number of hydrogen-bond acceptors (Lipinski definition) is 3. The summed E-state index contributed by atoms with van der Waals surface area (Å²) in [5.41, 5.74) is -0.101. The van der Waals surface area contributed by atoms with E-state index in [9.17, 15) is 9.59 Å². The molecule has 1 amide bonds. The molecule has 1 fully saturated rings. The second-order valence-electron chi connectivity index (χ2n) is 4.78. The van der Waals surface area contributed by atoms with Crippen LogP contribution in [0.5, 0.6) is 0 Å². The summed E-state index contributed by atoms with van der Waals surface area (Å²) in [6, 6.07) is 9.51. The Labute approximate surface area is 110 Å². The van der Waals surface area contributed by atoms with E-state index in [2.05, 4.69) is 15.6 Å². The first kappa shape index (κ1) is 11.8. The van der Waals surface area contributed by atoms with Crippen molar-refractivity contribution < 1.29 is 4.79 Å². The molecule has 3 rings (SSSR count). The van der Waals surface area contributed by atoms with Crippen LogP contribution in [0.3, 0.4) is 0 Å². The zero-order valence-electron chi connectivity index (χ0n) is 10.4. The van der Waals surface area contributed by atoms with E-state index in [1.54, 1.807) is 6.07 Å². The van der Waals surface area contributed by atoms with Crippen molar-refractivity contribution in [1.82, 2.24) is 10.3 Å². The smallest absolute Gasteiger partial charge is 0.257 e. The third-order valence-electron chi connectivity index (χ3n) is 3.38. The fourth-order valence-electron chi connectivity index (χ4n) is 2.37. The molecule has 19 heavy (non-hydrogen) atoms. The topological polar surface area (TPSA) is 74.0 Å². The minimum Gasteiger partial charge on any atom is -0.369 e. The lowest BCUT2D eigenvalue weighted by molar-refractivity contribution is -0.119. The van der Waals surface area contributed by atoms with E-state index in [1.807, 2.05) is 24.3 Å². The number of aromatic amines is 1. The van der Waals surface area contributed by atoms with Crippen molar-refractivity contribution in [3.05, 3.63) is 40.7 Å². The molecule has 1 saturated heterocycles. The Morgan fingerprint density at radius 2 is 2.11 bits per heavy atom. The second-order valence-corrected chi connectivity index (χ2v) is 4.78. The maximum absolute atomic E-state index is 11.9. The predicted octanol–water partition coefficient (Wildman–Crippen LogP) is 1.22. The first-order valence-corrected chi connectivity index (χ1v) is 6.38. The number of pyridine rings is 1. The highest BCUT2D eigenvalue weighted by Crippen LogP contribution is 2.13. The second kappa shape index (κ2) is 4.76. The van der Waals surface area contributed by atoms with Crippen LogP contribution >= 0.6 is 0 Å². The van der Waals surface area contributed by atoms with E-state index in [-0.39, 0.29) is 17.5 Å². The van der Waals surface area contributed by atoms with E-state index < -0.39 is 0 Å². The minimum absolute atomic E-state index is 0.0961. The number of carbonyl (C=O) groups is 1. The average molecular weight is 257 g/mol. The number of rotatable bonds is 3. The Bertz CT molecular complexity index is 678. The van der Waals surface area contributed by atoms with Crippen LogP contribution in [0.4, 0.5) is 5.82 Å². The van der Waals surface area contributed by atoms with Crippen LogP contribution in [0.25, 0.3) is 10.8 Å². The van der Waals surface area contributed by atoms with Crippen LogP contribution in [-0.2, 0) is 4.79 Å². The van der Waals surface area contributed by atoms with E-state index in [0.717, 1.165) is 11.8 Å². The van der Waals surface area contributed by atoms with Crippen molar-refractivity contribution in [2.45, 2.75) is 18.9 Å². The Morgan fingerprint density at radius 3 is 2.89 bits per heavy atom. The van der Waals surface area contributed by atoms with Crippen molar-refractivity contribution in [2.75, 3.05) is 11.9 Å². The summed E-state index contributed by atoms with van der Waals surface area (Å²) in [5.74, 6) is 0.781. The summed E-state index contributed by atoms with van der Waals surface area (Å²) in [7, 11) is 0. The highest BCUT2D eigenvalue weighted by molar-refractivity contribution is 5.83. The van der Waals surface area contributed by atoms with Crippen LogP contribution in [0, 0.1) is 0 Å². The van der Waals surface area contributed by atoms with Gasteiger partial charge in [0.1, 0.15) is 5.82 Å². The van der Waals surface area contributed by atoms with E-state index >= 15 is 0 Å². The van der Waals surface area contributed by atoms with Crippen molar-refractivity contribution >= 4 is 22.5 Å². The molecule has 0 bridgehead atoms. The monoisotopic (exact) mass is 257 g/mol. The van der Waals surface area contributed by atoms with Gasteiger partial charge in [-0.25, -0.2) is 0 Å². The lowest BCUT2D eigenvalue weighted by Crippen LogP contribution is -2.32. The van der Waals surface area contributed by atoms with Crippen LogP contribution in [-0.4, -0.2) is 23.5 Å². The molecule has 0 saturated carbocycles. The van der Waals surface area contributed by atoms with Crippen LogP contribution < -0.4 is 16.2 Å². The molecule has 5 heteroatoms. The van der Waals surface area contributed by atoms with Crippen molar-refractivity contribution in [2.24, 2.45) is 0 Å². The third-order valence-corrected chi connectivity index (χ3v) is 3.38. The predicted molar refractivity (Wildman–Crippen MR) is 74.2 cm³/mol. The highest BCUT2D eigenvalue weighted by atomic mass is 16.2. The van der Waals surface area contributed by atoms with Gasteiger partial charge in [0, 0.05) is 24.4 Å². The van der Waals surface area contributed by atoms with Gasteiger partial charge in [-0.3, -0.25) is 9.59 Å². The Morgan fingerprint density at radius 1 is 1.26 bits per heavy atom. The van der Waals surface area contributed by atoms with Gasteiger partial charge in [-0.15, -0.1) is 0 Å². The quantitative estimate of drug-likeness (QED) is 0.774. The molecule has 1 unspecified atom stereocenters. The van der Waals surface area contributed by atoms with Gasteiger partial charge in [0.25, 0.3) is 5.56 Å². The fraction of sp³-hybridized carbons (Fsp3) is 0.286. The lowest BCUT2D eigenvalue weighted by Gasteiger charge is -2.12. The van der Waals surface area contributed by atoms with E-state index in [4.69, 9.17) is 0 Å². The number of nitrogens with one attached hydrogen (secondary N) is 3. The van der Waals surface area contributed by atoms with Gasteiger partial charge in [-0.1, -0.05) is 18.2 Å². The zero-order valence-corrected chi connectivity index (χ0v) is 10.4. The van der Waals surface area contributed by atoms with Gasteiger partial charge in [0.05, 0.1) is 0 Å². The van der Waals surface area contributed by atoms with E-state index in [1.165, 1.54) is 0 Å². The normalized spacial score (nSPS) is 18.5. The standard InChI is InChI=1S/C14H15N3O2/c18-13-6-5-10(16-13)8-15-12-7-9-3-1-2-4-11(9)14(19)17-12/h1-4,7,10H,5-6,8H2,(H,16,18)(H2,15,17,19). The molecule has 1 aromatic carbocycles. The molecule has 1 aliphatic heterocycles. The number of H-pyrrole nitrogens is 1. The SMILES string of the molecule is O=C1CCC(CNc2cc3ccccc3c(=O)[nH]2)N1. The van der Waals surface area contributed by atoms with Crippen molar-refractivity contribution in [1.29, 1.82) is 0 Å². The molecule has 1 aromatic heterocycles. The third kappa shape index (κ3) is 2.45. The van der Waals surface area contributed by atoms with Gasteiger partial charge >= 0.3 is 0 Å². The highest BCUT2D eigenvalue weighted by Gasteiger charge is 2.20. The van der Waals surface area contributed by atoms with Gasteiger partial charge in [-0.2, -0.15) is 0 Å². The number of carbonyl (C=O) groups excluding carboxylic acids is 1. The first-order chi connectivity index (χ1) is 9.22. The van der Waals surface area contributed by atoms with Crippen molar-refractivity contribution in [3.8, 4) is 0 Å². The lowest BCUT2D eigenvalue weighted by atomic mass is 10.2. The molecule has 2 heterocycles. The summed E-state index contributed by atoms with van der Waals surface area (Å²) in [6.45, 7) is 0.625. The molecule has 0 spiro atoms. The molecule has 1 atom stereocenters. The minimum atomic E-state index is -0.101. The summed E-state index contributed by atoms with van der Waals surface area (Å²) in [5, 5.41) is 7.64. The van der Waals surface area contributed by atoms with Gasteiger partial charge in [0.15, 0.2) is 0 Å². The number of aromatic nitrogens is 1. The summed E-state index contributed by atoms with van der Waals surface area (Å²) >= 11 is 0. The first-order valence-electron chi connectivity index (χ1n) is 6.38. The van der Waals surface area contributed by atoms with Gasteiger partial charge in [-0.05, 0) is 23.9 Å². The summed E-state index contributed by atoms with van der Waals surface area (Å²) in [4.78, 5) is 25.8.